The van der Waals surface area contributed by atoms with Gasteiger partial charge in [-0.25, -0.2) is 18.4 Å². The molecule has 2 amide bonds. The maximum atomic E-state index is 13.3. The van der Waals surface area contributed by atoms with Crippen LogP contribution < -0.4 is 10.6 Å². The number of carboxylic acids is 1. The van der Waals surface area contributed by atoms with Crippen molar-refractivity contribution in [2.75, 3.05) is 18.5 Å². The third-order valence-electron chi connectivity index (χ3n) is 2.66. The van der Waals surface area contributed by atoms with Crippen LogP contribution in [-0.2, 0) is 9.53 Å². The first-order valence-corrected chi connectivity index (χ1v) is 6.78. The van der Waals surface area contributed by atoms with Gasteiger partial charge in [-0.1, -0.05) is 0 Å². The number of rotatable bonds is 7. The Morgan fingerprint density at radius 1 is 1.22 bits per heavy atom. The second-order valence-electron chi connectivity index (χ2n) is 4.41. The van der Waals surface area contributed by atoms with E-state index in [1.54, 1.807) is 6.92 Å². The van der Waals surface area contributed by atoms with Gasteiger partial charge in [0.1, 0.15) is 0 Å². The number of hydrogen-bond donors (Lipinski definition) is 3. The number of anilines is 1. The van der Waals surface area contributed by atoms with Crippen LogP contribution in [0.2, 0.25) is 0 Å². The Labute approximate surface area is 130 Å². The van der Waals surface area contributed by atoms with Crippen molar-refractivity contribution in [3.8, 4) is 0 Å². The van der Waals surface area contributed by atoms with Gasteiger partial charge in [0.25, 0.3) is 0 Å². The van der Waals surface area contributed by atoms with E-state index in [1.807, 2.05) is 0 Å². The average Bonchev–Trinajstić information content (AvgIpc) is 2.47. The van der Waals surface area contributed by atoms with E-state index < -0.39 is 29.6 Å². The van der Waals surface area contributed by atoms with Gasteiger partial charge in [-0.3, -0.25) is 4.79 Å². The summed E-state index contributed by atoms with van der Waals surface area (Å²) in [6, 6.07) is 0.512. The molecule has 0 aliphatic carbocycles. The third-order valence-corrected chi connectivity index (χ3v) is 2.66. The van der Waals surface area contributed by atoms with Crippen molar-refractivity contribution in [2.45, 2.75) is 19.8 Å². The lowest BCUT2D eigenvalue weighted by Crippen LogP contribution is -2.30. The molecule has 0 heterocycles. The summed E-state index contributed by atoms with van der Waals surface area (Å²) in [5.41, 5.74) is -0.579. The second-order valence-corrected chi connectivity index (χ2v) is 4.41. The predicted octanol–water partition coefficient (Wildman–Crippen LogP) is 2.13. The van der Waals surface area contributed by atoms with E-state index in [1.165, 1.54) is 0 Å². The summed E-state index contributed by atoms with van der Waals surface area (Å²) < 4.78 is 31.2. The van der Waals surface area contributed by atoms with Crippen LogP contribution in [0.25, 0.3) is 0 Å². The number of halogens is 2. The van der Waals surface area contributed by atoms with Gasteiger partial charge >= 0.3 is 18.0 Å². The van der Waals surface area contributed by atoms with Crippen LogP contribution in [0.4, 0.5) is 19.3 Å². The standard InChI is InChI=1S/C14H16F2N2O5/c1-2-23-13(21)8-6-9(15)10(16)7-11(8)18-14(22)17-5-3-4-12(19)20/h6-7H,2-5H2,1H3,(H,19,20)(H2,17,18,22). The zero-order valence-corrected chi connectivity index (χ0v) is 12.3. The van der Waals surface area contributed by atoms with Crippen molar-refractivity contribution in [3.63, 3.8) is 0 Å². The van der Waals surface area contributed by atoms with Crippen molar-refractivity contribution in [2.24, 2.45) is 0 Å². The van der Waals surface area contributed by atoms with E-state index in [9.17, 15) is 23.2 Å². The van der Waals surface area contributed by atoms with Gasteiger partial charge in [0.2, 0.25) is 0 Å². The van der Waals surface area contributed by atoms with Gasteiger partial charge in [-0.05, 0) is 19.4 Å². The zero-order valence-electron chi connectivity index (χ0n) is 12.3. The number of hydrogen-bond acceptors (Lipinski definition) is 4. The molecule has 23 heavy (non-hydrogen) atoms. The van der Waals surface area contributed by atoms with Crippen molar-refractivity contribution in [1.82, 2.24) is 5.32 Å². The summed E-state index contributed by atoms with van der Waals surface area (Å²) in [4.78, 5) is 33.7. The molecule has 0 fully saturated rings. The summed E-state index contributed by atoms with van der Waals surface area (Å²) in [5, 5.41) is 13.0. The highest BCUT2D eigenvalue weighted by atomic mass is 19.2. The lowest BCUT2D eigenvalue weighted by Gasteiger charge is -2.12. The number of nitrogens with one attached hydrogen (secondary N) is 2. The van der Waals surface area contributed by atoms with E-state index in [0.29, 0.717) is 12.1 Å². The van der Waals surface area contributed by atoms with Gasteiger partial charge in [-0.2, -0.15) is 0 Å². The molecule has 1 aromatic rings. The van der Waals surface area contributed by atoms with Gasteiger partial charge in [0.15, 0.2) is 11.6 Å². The minimum Gasteiger partial charge on any atom is -0.481 e. The number of ether oxygens (including phenoxy) is 1. The quantitative estimate of drug-likeness (QED) is 0.525. The zero-order chi connectivity index (χ0) is 17.4. The molecule has 0 radical (unpaired) electrons. The molecule has 0 saturated heterocycles. The molecule has 0 atom stereocenters. The molecular formula is C14H16F2N2O5. The molecule has 0 unspecified atom stereocenters. The molecule has 0 bridgehead atoms. The van der Waals surface area contributed by atoms with Crippen molar-refractivity contribution >= 4 is 23.7 Å². The highest BCUT2D eigenvalue weighted by Gasteiger charge is 2.18. The topological polar surface area (TPSA) is 105 Å². The molecule has 0 aromatic heterocycles. The molecule has 1 rings (SSSR count). The Bertz CT molecular complexity index is 607. The average molecular weight is 330 g/mol. The normalized spacial score (nSPS) is 10.0. The van der Waals surface area contributed by atoms with Crippen molar-refractivity contribution in [3.05, 3.63) is 29.3 Å². The minimum absolute atomic E-state index is 0.0264. The van der Waals surface area contributed by atoms with Crippen LogP contribution >= 0.6 is 0 Å². The van der Waals surface area contributed by atoms with Crippen molar-refractivity contribution in [1.29, 1.82) is 0 Å². The monoisotopic (exact) mass is 330 g/mol. The maximum absolute atomic E-state index is 13.3. The smallest absolute Gasteiger partial charge is 0.340 e. The van der Waals surface area contributed by atoms with E-state index in [2.05, 4.69) is 10.6 Å². The number of esters is 1. The Morgan fingerprint density at radius 3 is 2.48 bits per heavy atom. The number of aliphatic carboxylic acids is 1. The minimum atomic E-state index is -1.25. The summed E-state index contributed by atoms with van der Waals surface area (Å²) in [6.07, 6.45) is 0.0742. The Balaban J connectivity index is 2.77. The second kappa shape index (κ2) is 8.66. The van der Waals surface area contributed by atoms with Gasteiger partial charge < -0.3 is 20.5 Å². The van der Waals surface area contributed by atoms with Crippen LogP contribution in [0.5, 0.6) is 0 Å². The van der Waals surface area contributed by atoms with Crippen LogP contribution in [-0.4, -0.2) is 36.2 Å². The molecule has 0 aliphatic rings. The van der Waals surface area contributed by atoms with Gasteiger partial charge in [0.05, 0.1) is 17.9 Å². The number of amides is 2. The van der Waals surface area contributed by atoms with Crippen LogP contribution in [0.1, 0.15) is 30.1 Å². The lowest BCUT2D eigenvalue weighted by molar-refractivity contribution is -0.137. The maximum Gasteiger partial charge on any atom is 0.340 e. The summed E-state index contributed by atoms with van der Waals surface area (Å²) in [7, 11) is 0. The Kier molecular flexibility index (Phi) is 6.91. The van der Waals surface area contributed by atoms with Crippen LogP contribution in [0.3, 0.4) is 0 Å². The molecule has 0 aliphatic heterocycles. The molecule has 0 spiro atoms. The predicted molar refractivity (Wildman–Crippen MR) is 76.2 cm³/mol. The Hall–Kier alpha value is -2.71. The van der Waals surface area contributed by atoms with Crippen LogP contribution in [0.15, 0.2) is 12.1 Å². The largest absolute Gasteiger partial charge is 0.481 e. The highest BCUT2D eigenvalue weighted by molar-refractivity contribution is 6.00. The van der Waals surface area contributed by atoms with E-state index >= 15 is 0 Å². The number of carbonyl (C=O) groups is 3. The fraction of sp³-hybridized carbons (Fsp3) is 0.357. The molecular weight excluding hydrogens is 314 g/mol. The lowest BCUT2D eigenvalue weighted by atomic mass is 10.1. The van der Waals surface area contributed by atoms with Gasteiger partial charge in [0, 0.05) is 19.0 Å². The van der Waals surface area contributed by atoms with Gasteiger partial charge in [-0.15, -0.1) is 0 Å². The first-order valence-electron chi connectivity index (χ1n) is 6.78. The fourth-order valence-corrected chi connectivity index (χ4v) is 1.64. The van der Waals surface area contributed by atoms with Crippen LogP contribution in [0, 0.1) is 11.6 Å². The molecule has 126 valence electrons. The Morgan fingerprint density at radius 2 is 1.87 bits per heavy atom. The number of benzene rings is 1. The fourth-order valence-electron chi connectivity index (χ4n) is 1.64. The summed E-state index contributed by atoms with van der Waals surface area (Å²) >= 11 is 0. The SMILES string of the molecule is CCOC(=O)c1cc(F)c(F)cc1NC(=O)NCCCC(=O)O. The molecule has 9 heteroatoms. The molecule has 7 nitrogen and oxygen atoms in total. The first-order chi connectivity index (χ1) is 10.8. The first kappa shape index (κ1) is 18.3. The van der Waals surface area contributed by atoms with E-state index in [0.717, 1.165) is 0 Å². The molecule has 0 saturated carbocycles. The number of carbonyl (C=O) groups excluding carboxylic acids is 2. The van der Waals surface area contributed by atoms with E-state index in [-0.39, 0.29) is 37.2 Å². The van der Waals surface area contributed by atoms with E-state index in [4.69, 9.17) is 9.84 Å². The number of urea groups is 1. The molecule has 3 N–H and O–H groups in total. The van der Waals surface area contributed by atoms with Crippen molar-refractivity contribution < 1.29 is 33.0 Å². The molecule has 1 aromatic carbocycles. The summed E-state index contributed by atoms with van der Waals surface area (Å²) in [6.45, 7) is 1.63. The highest BCUT2D eigenvalue weighted by Crippen LogP contribution is 2.21. The number of carboxylic acid groups (broad SMARTS) is 1. The summed E-state index contributed by atoms with van der Waals surface area (Å²) in [5.74, 6) is -4.40. The third kappa shape index (κ3) is 5.89.